The minimum atomic E-state index is 0.121. The Kier molecular flexibility index (Phi) is 4.61. The van der Waals surface area contributed by atoms with Crippen molar-refractivity contribution in [2.75, 3.05) is 31.5 Å². The molecule has 4 rings (SSSR count). The van der Waals surface area contributed by atoms with Crippen LogP contribution in [0.25, 0.3) is 0 Å². The molecule has 130 valence electrons. The molecule has 2 saturated heterocycles. The molecular formula is C19H23N5O. The maximum atomic E-state index is 12.9. The SMILES string of the molecule is O=C(c1cccc(Nc2cnccn2)c1)N1CC[C@@H]2CNC[C@@H]2CC1. The average molecular weight is 337 g/mol. The van der Waals surface area contributed by atoms with Gasteiger partial charge in [0.2, 0.25) is 0 Å². The van der Waals surface area contributed by atoms with E-state index in [2.05, 4.69) is 20.6 Å². The summed E-state index contributed by atoms with van der Waals surface area (Å²) in [5, 5.41) is 6.67. The predicted molar refractivity (Wildman–Crippen MR) is 96.7 cm³/mol. The first kappa shape index (κ1) is 16.0. The predicted octanol–water partition coefficient (Wildman–Crippen LogP) is 2.29. The second kappa shape index (κ2) is 7.19. The maximum Gasteiger partial charge on any atom is 0.253 e. The molecule has 2 aliphatic heterocycles. The van der Waals surface area contributed by atoms with Gasteiger partial charge in [-0.3, -0.25) is 9.78 Å². The van der Waals surface area contributed by atoms with Crippen molar-refractivity contribution in [3.8, 4) is 0 Å². The Labute approximate surface area is 147 Å². The van der Waals surface area contributed by atoms with E-state index in [-0.39, 0.29) is 5.91 Å². The highest BCUT2D eigenvalue weighted by atomic mass is 16.2. The normalized spacial score (nSPS) is 23.0. The molecule has 6 heteroatoms. The summed E-state index contributed by atoms with van der Waals surface area (Å²) in [6.07, 6.45) is 7.13. The molecule has 3 heterocycles. The number of nitrogens with zero attached hydrogens (tertiary/aromatic N) is 3. The zero-order valence-electron chi connectivity index (χ0n) is 14.2. The summed E-state index contributed by atoms with van der Waals surface area (Å²) in [6, 6.07) is 7.62. The number of likely N-dealkylation sites (tertiary alicyclic amines) is 1. The van der Waals surface area contributed by atoms with Gasteiger partial charge in [0.15, 0.2) is 0 Å². The van der Waals surface area contributed by atoms with Crippen molar-refractivity contribution in [1.82, 2.24) is 20.2 Å². The Hall–Kier alpha value is -2.47. The molecule has 1 aromatic heterocycles. The van der Waals surface area contributed by atoms with Crippen molar-refractivity contribution in [3.05, 3.63) is 48.4 Å². The number of hydrogen-bond acceptors (Lipinski definition) is 5. The standard InChI is InChI=1S/C19H23N5O/c25-19(24-8-4-15-11-21-12-16(15)5-9-24)14-2-1-3-17(10-14)23-18-13-20-6-7-22-18/h1-3,6-7,10,13,15-16,21H,4-5,8-9,11-12H2,(H,22,23)/t15-,16+. The number of rotatable bonds is 3. The molecule has 2 aliphatic rings. The third-order valence-corrected chi connectivity index (χ3v) is 5.25. The Balaban J connectivity index is 1.46. The Bertz CT molecular complexity index is 722. The number of carbonyl (C=O) groups excluding carboxylic acids is 1. The third kappa shape index (κ3) is 3.64. The lowest BCUT2D eigenvalue weighted by Crippen LogP contribution is -2.32. The van der Waals surface area contributed by atoms with E-state index in [4.69, 9.17) is 0 Å². The average Bonchev–Trinajstić information content (AvgIpc) is 3.01. The van der Waals surface area contributed by atoms with E-state index in [0.29, 0.717) is 5.82 Å². The van der Waals surface area contributed by atoms with Crippen LogP contribution in [0.4, 0.5) is 11.5 Å². The lowest BCUT2D eigenvalue weighted by Gasteiger charge is -2.21. The molecule has 0 unspecified atom stereocenters. The van der Waals surface area contributed by atoms with Crippen LogP contribution in [0.1, 0.15) is 23.2 Å². The Morgan fingerprint density at radius 3 is 2.68 bits per heavy atom. The second-order valence-corrected chi connectivity index (χ2v) is 6.84. The monoisotopic (exact) mass is 337 g/mol. The fraction of sp³-hybridized carbons (Fsp3) is 0.421. The Morgan fingerprint density at radius 2 is 1.96 bits per heavy atom. The summed E-state index contributed by atoms with van der Waals surface area (Å²) in [7, 11) is 0. The first-order chi connectivity index (χ1) is 12.3. The van der Waals surface area contributed by atoms with Crippen LogP contribution in [0.3, 0.4) is 0 Å². The largest absolute Gasteiger partial charge is 0.339 e. The highest BCUT2D eigenvalue weighted by Crippen LogP contribution is 2.28. The first-order valence-corrected chi connectivity index (χ1v) is 8.93. The summed E-state index contributed by atoms with van der Waals surface area (Å²) in [4.78, 5) is 23.2. The summed E-state index contributed by atoms with van der Waals surface area (Å²) in [5.74, 6) is 2.24. The Morgan fingerprint density at radius 1 is 1.16 bits per heavy atom. The molecule has 1 aromatic carbocycles. The minimum Gasteiger partial charge on any atom is -0.339 e. The number of anilines is 2. The topological polar surface area (TPSA) is 70.2 Å². The third-order valence-electron chi connectivity index (χ3n) is 5.25. The molecular weight excluding hydrogens is 314 g/mol. The number of aromatic nitrogens is 2. The van der Waals surface area contributed by atoms with Crippen LogP contribution in [0.2, 0.25) is 0 Å². The molecule has 0 spiro atoms. The molecule has 2 aromatic rings. The number of amides is 1. The number of carbonyl (C=O) groups is 1. The van der Waals surface area contributed by atoms with E-state index in [0.717, 1.165) is 62.1 Å². The van der Waals surface area contributed by atoms with E-state index in [1.807, 2.05) is 29.2 Å². The van der Waals surface area contributed by atoms with Gasteiger partial charge in [0, 0.05) is 36.7 Å². The fourth-order valence-electron chi connectivity index (χ4n) is 3.85. The van der Waals surface area contributed by atoms with Crippen LogP contribution in [-0.2, 0) is 0 Å². The number of fused-ring (bicyclic) bond motifs is 1. The molecule has 2 atom stereocenters. The van der Waals surface area contributed by atoms with Crippen molar-refractivity contribution >= 4 is 17.4 Å². The highest BCUT2D eigenvalue weighted by molar-refractivity contribution is 5.95. The van der Waals surface area contributed by atoms with Crippen LogP contribution >= 0.6 is 0 Å². The summed E-state index contributed by atoms with van der Waals surface area (Å²) in [5.41, 5.74) is 1.57. The van der Waals surface area contributed by atoms with E-state index < -0.39 is 0 Å². The molecule has 2 N–H and O–H groups in total. The van der Waals surface area contributed by atoms with Gasteiger partial charge in [0.1, 0.15) is 5.82 Å². The van der Waals surface area contributed by atoms with Gasteiger partial charge < -0.3 is 15.5 Å². The molecule has 0 saturated carbocycles. The second-order valence-electron chi connectivity index (χ2n) is 6.84. The summed E-state index contributed by atoms with van der Waals surface area (Å²) >= 11 is 0. The van der Waals surface area contributed by atoms with Gasteiger partial charge >= 0.3 is 0 Å². The van der Waals surface area contributed by atoms with Crippen molar-refractivity contribution < 1.29 is 4.79 Å². The van der Waals surface area contributed by atoms with Crippen LogP contribution in [0.5, 0.6) is 0 Å². The van der Waals surface area contributed by atoms with Gasteiger partial charge in [-0.05, 0) is 56.0 Å². The summed E-state index contributed by atoms with van der Waals surface area (Å²) in [6.45, 7) is 3.90. The van der Waals surface area contributed by atoms with E-state index in [9.17, 15) is 4.79 Å². The van der Waals surface area contributed by atoms with Gasteiger partial charge in [0.05, 0.1) is 6.20 Å². The minimum absolute atomic E-state index is 0.121. The van der Waals surface area contributed by atoms with Crippen molar-refractivity contribution in [2.45, 2.75) is 12.8 Å². The van der Waals surface area contributed by atoms with Gasteiger partial charge in [-0.25, -0.2) is 4.98 Å². The number of nitrogens with one attached hydrogen (secondary N) is 2. The van der Waals surface area contributed by atoms with E-state index in [1.165, 1.54) is 0 Å². The number of hydrogen-bond donors (Lipinski definition) is 2. The lowest BCUT2D eigenvalue weighted by atomic mass is 9.92. The van der Waals surface area contributed by atoms with E-state index in [1.54, 1.807) is 18.6 Å². The molecule has 1 amide bonds. The summed E-state index contributed by atoms with van der Waals surface area (Å²) < 4.78 is 0. The fourth-order valence-corrected chi connectivity index (χ4v) is 3.85. The van der Waals surface area contributed by atoms with Crippen LogP contribution in [0.15, 0.2) is 42.9 Å². The van der Waals surface area contributed by atoms with Crippen LogP contribution in [-0.4, -0.2) is 47.0 Å². The first-order valence-electron chi connectivity index (χ1n) is 8.93. The highest BCUT2D eigenvalue weighted by Gasteiger charge is 2.31. The lowest BCUT2D eigenvalue weighted by molar-refractivity contribution is 0.0758. The molecule has 0 radical (unpaired) electrons. The zero-order chi connectivity index (χ0) is 17.1. The molecule has 6 nitrogen and oxygen atoms in total. The smallest absolute Gasteiger partial charge is 0.253 e. The maximum absolute atomic E-state index is 12.9. The number of benzene rings is 1. The van der Waals surface area contributed by atoms with Crippen molar-refractivity contribution in [2.24, 2.45) is 11.8 Å². The van der Waals surface area contributed by atoms with Gasteiger partial charge in [-0.15, -0.1) is 0 Å². The van der Waals surface area contributed by atoms with E-state index >= 15 is 0 Å². The van der Waals surface area contributed by atoms with Crippen LogP contribution in [0, 0.1) is 11.8 Å². The molecule has 0 aliphatic carbocycles. The van der Waals surface area contributed by atoms with Crippen molar-refractivity contribution in [3.63, 3.8) is 0 Å². The molecule has 0 bridgehead atoms. The molecule has 25 heavy (non-hydrogen) atoms. The zero-order valence-corrected chi connectivity index (χ0v) is 14.2. The molecule has 2 fully saturated rings. The van der Waals surface area contributed by atoms with Crippen LogP contribution < -0.4 is 10.6 Å². The van der Waals surface area contributed by atoms with Crippen molar-refractivity contribution in [1.29, 1.82) is 0 Å². The van der Waals surface area contributed by atoms with Gasteiger partial charge in [-0.1, -0.05) is 6.07 Å². The van der Waals surface area contributed by atoms with Gasteiger partial charge in [0.25, 0.3) is 5.91 Å². The van der Waals surface area contributed by atoms with Gasteiger partial charge in [-0.2, -0.15) is 0 Å². The quantitative estimate of drug-likeness (QED) is 0.899.